The molecule has 346 valence electrons. The zero-order valence-electron chi connectivity index (χ0n) is 37.3. The monoisotopic (exact) mass is 938 g/mol. The second-order valence-corrected chi connectivity index (χ2v) is 20.4. The molecule has 2 aliphatic carbocycles. The summed E-state index contributed by atoms with van der Waals surface area (Å²) in [4.78, 5) is 56.5. The molecule has 1 aliphatic heterocycles. The lowest BCUT2D eigenvalue weighted by Gasteiger charge is -2.38. The van der Waals surface area contributed by atoms with Crippen LogP contribution >= 0.6 is 34.7 Å². The Morgan fingerprint density at radius 3 is 2.45 bits per heavy atom. The van der Waals surface area contributed by atoms with Crippen LogP contribution < -0.4 is 30.7 Å². The van der Waals surface area contributed by atoms with Crippen molar-refractivity contribution in [3.05, 3.63) is 70.1 Å². The fourth-order valence-corrected chi connectivity index (χ4v) is 10.2. The summed E-state index contributed by atoms with van der Waals surface area (Å²) in [5.41, 5.74) is 3.30. The number of alkyl halides is 1. The SMILES string of the molecule is C=NC(=N/C(NC)=C(\C)Cl)Nc1ccc(OCC2CCC(CSC(C)(C)C(NC(=O)C3(F)CC3)C(=O)N3C[C@H](O)C[C@H]3C(=O)NCc3ccc(-c4scnc4C)cc3)CC2)cc1OC. The van der Waals surface area contributed by atoms with Crippen LogP contribution in [0.15, 0.2) is 68.8 Å². The lowest BCUT2D eigenvalue weighted by Crippen LogP contribution is -2.61. The molecule has 3 atom stereocenters. The number of carbonyl (C=O) groups excluding carboxylic acids is 3. The number of allylic oxidation sites excluding steroid dienone is 1. The molecule has 1 unspecified atom stereocenters. The summed E-state index contributed by atoms with van der Waals surface area (Å²) in [5.74, 6) is 1.60. The zero-order valence-corrected chi connectivity index (χ0v) is 39.7. The first-order chi connectivity index (χ1) is 30.5. The molecule has 3 aromatic rings. The molecule has 1 aromatic heterocycles. The molecule has 0 spiro atoms. The van der Waals surface area contributed by atoms with Gasteiger partial charge in [-0.3, -0.25) is 14.4 Å². The van der Waals surface area contributed by atoms with E-state index < -0.39 is 46.3 Å². The van der Waals surface area contributed by atoms with Crippen molar-refractivity contribution in [3.8, 4) is 21.9 Å². The fourth-order valence-electron chi connectivity index (χ4n) is 7.96. The summed E-state index contributed by atoms with van der Waals surface area (Å²) in [6.45, 7) is 11.7. The van der Waals surface area contributed by atoms with Gasteiger partial charge in [0.2, 0.25) is 17.8 Å². The van der Waals surface area contributed by atoms with Gasteiger partial charge in [0.25, 0.3) is 5.91 Å². The van der Waals surface area contributed by atoms with Gasteiger partial charge in [0, 0.05) is 37.4 Å². The number of amides is 3. The number of hydrogen-bond donors (Lipinski definition) is 5. The zero-order chi connectivity index (χ0) is 46.2. The Hall–Kier alpha value is -4.71. The van der Waals surface area contributed by atoms with Crippen LogP contribution in [-0.4, -0.2) is 107 Å². The molecule has 0 bridgehead atoms. The number of halogens is 2. The molecule has 64 heavy (non-hydrogen) atoms. The molecule has 2 saturated carbocycles. The van der Waals surface area contributed by atoms with E-state index in [2.05, 4.69) is 43.0 Å². The Labute approximate surface area is 388 Å². The number of nitrogens with zero attached hydrogens (tertiary/aromatic N) is 4. The molecule has 6 rings (SSSR count). The van der Waals surface area contributed by atoms with Gasteiger partial charge in [-0.15, -0.1) is 11.3 Å². The van der Waals surface area contributed by atoms with E-state index >= 15 is 4.39 Å². The molecule has 0 radical (unpaired) electrons. The highest BCUT2D eigenvalue weighted by Crippen LogP contribution is 2.42. The van der Waals surface area contributed by atoms with E-state index in [1.54, 1.807) is 44.2 Å². The van der Waals surface area contributed by atoms with E-state index in [0.29, 0.717) is 46.5 Å². The number of aliphatic imine (C=N–C) groups is 2. The number of aliphatic hydroxyl groups is 1. The first-order valence-corrected chi connectivity index (χ1v) is 23.8. The van der Waals surface area contributed by atoms with Crippen LogP contribution in [0.4, 0.5) is 10.1 Å². The van der Waals surface area contributed by atoms with Crippen molar-refractivity contribution in [1.29, 1.82) is 0 Å². The number of aromatic nitrogens is 1. The van der Waals surface area contributed by atoms with Gasteiger partial charge >= 0.3 is 0 Å². The highest BCUT2D eigenvalue weighted by atomic mass is 35.5. The summed E-state index contributed by atoms with van der Waals surface area (Å²) >= 11 is 9.25. The molecule has 14 nitrogen and oxygen atoms in total. The number of β-amino-alcohol motifs (C(OH)–C–C–N with tert-alkyl or cyclic N) is 1. The van der Waals surface area contributed by atoms with E-state index in [1.807, 2.05) is 68.7 Å². The van der Waals surface area contributed by atoms with Crippen molar-refractivity contribution in [2.75, 3.05) is 38.4 Å². The van der Waals surface area contributed by atoms with E-state index in [9.17, 15) is 19.5 Å². The first-order valence-electron chi connectivity index (χ1n) is 21.6. The number of methoxy groups -OCH3 is 1. The van der Waals surface area contributed by atoms with Crippen LogP contribution in [-0.2, 0) is 20.9 Å². The van der Waals surface area contributed by atoms with Gasteiger partial charge in [0.15, 0.2) is 5.67 Å². The predicted molar refractivity (Wildman–Crippen MR) is 254 cm³/mol. The molecule has 3 fully saturated rings. The Morgan fingerprint density at radius 1 is 1.14 bits per heavy atom. The van der Waals surface area contributed by atoms with Crippen molar-refractivity contribution in [2.24, 2.45) is 21.8 Å². The standard InChI is InChI=1S/C46H60ClFN8O6S2/c1-27(47)40(49-5)55-44(50-6)53-35-17-16-34(21-37(35)61-7)62-24-30-8-10-31(11-9-30)25-64-45(3,4)39(54-43(60)46(48)18-19-46)42(59)56-23-33(57)20-36(56)41(58)51-22-29-12-14-32(15-13-29)38-28(2)52-26-63-38/h12-17,21,26,30-31,33,36,39,49,57H,6,8-11,18-20,22-25H2,1-5,7H3,(H,51,58)(H,53,55)(H,54,60)/b40-27+/t30?,31?,33-,36+,39?/m1/s1. The number of nitrogens with one attached hydrogen (secondary N) is 4. The molecule has 3 amide bonds. The van der Waals surface area contributed by atoms with Crippen molar-refractivity contribution >= 4 is 70.8 Å². The number of thiazole rings is 1. The van der Waals surface area contributed by atoms with Gasteiger partial charge in [0.05, 0.1) is 46.6 Å². The molecule has 2 heterocycles. The second-order valence-electron chi connectivity index (χ2n) is 17.3. The molecular weight excluding hydrogens is 879 g/mol. The Balaban J connectivity index is 1.03. The number of guanidine groups is 1. The molecule has 18 heteroatoms. The molecular formula is C46H60ClFN8O6S2. The molecule has 5 N–H and O–H groups in total. The Morgan fingerprint density at radius 2 is 1.84 bits per heavy atom. The normalized spacial score (nSPS) is 21.6. The average Bonchev–Trinajstić information content (AvgIpc) is 3.70. The maximum absolute atomic E-state index is 15.1. The number of hydrogen-bond acceptors (Lipinski definition) is 11. The average molecular weight is 940 g/mol. The summed E-state index contributed by atoms with van der Waals surface area (Å²) in [7, 11) is 3.28. The van der Waals surface area contributed by atoms with Gasteiger partial charge in [-0.1, -0.05) is 35.9 Å². The summed E-state index contributed by atoms with van der Waals surface area (Å²) in [6, 6.07) is 11.2. The van der Waals surface area contributed by atoms with Crippen molar-refractivity contribution in [1.82, 2.24) is 25.8 Å². The van der Waals surface area contributed by atoms with E-state index in [4.69, 9.17) is 21.1 Å². The minimum atomic E-state index is -2.00. The minimum absolute atomic E-state index is 0.0557. The molecule has 3 aliphatic rings. The van der Waals surface area contributed by atoms with Crippen LogP contribution in [0.1, 0.15) is 77.0 Å². The number of aliphatic hydroxyl groups excluding tert-OH is 1. The van der Waals surface area contributed by atoms with Crippen molar-refractivity contribution in [3.63, 3.8) is 0 Å². The van der Waals surface area contributed by atoms with Crippen molar-refractivity contribution in [2.45, 2.75) is 108 Å². The van der Waals surface area contributed by atoms with Crippen LogP contribution in [0, 0.1) is 18.8 Å². The maximum atomic E-state index is 15.1. The lowest BCUT2D eigenvalue weighted by molar-refractivity contribution is -0.143. The topological polar surface area (TPSA) is 179 Å². The number of rotatable bonds is 18. The smallest absolute Gasteiger partial charge is 0.258 e. The van der Waals surface area contributed by atoms with E-state index in [0.717, 1.165) is 53.1 Å². The summed E-state index contributed by atoms with van der Waals surface area (Å²) in [5, 5.41) is 23.0. The number of anilines is 1. The quantitative estimate of drug-likeness (QED) is 0.0647. The third-order valence-corrected chi connectivity index (χ3v) is 14.9. The fraction of sp³-hybridized carbons (Fsp3) is 0.522. The number of aryl methyl sites for hydroxylation is 1. The largest absolute Gasteiger partial charge is 0.494 e. The van der Waals surface area contributed by atoms with E-state index in [1.165, 1.54) is 4.90 Å². The minimum Gasteiger partial charge on any atom is -0.494 e. The third-order valence-electron chi connectivity index (χ3n) is 12.1. The predicted octanol–water partition coefficient (Wildman–Crippen LogP) is 7.20. The van der Waals surface area contributed by atoms with Crippen molar-refractivity contribution < 1.29 is 33.4 Å². The first kappa shape index (κ1) is 48.7. The summed E-state index contributed by atoms with van der Waals surface area (Å²) < 4.78 is 26.1. The highest BCUT2D eigenvalue weighted by molar-refractivity contribution is 8.00. The number of benzene rings is 2. The Kier molecular flexibility index (Phi) is 16.4. The second kappa shape index (κ2) is 21.5. The Bertz CT molecular complexity index is 2200. The van der Waals surface area contributed by atoms with E-state index in [-0.39, 0.29) is 38.3 Å². The number of carbonyl (C=O) groups is 3. The third kappa shape index (κ3) is 12.3. The molecule has 2 aromatic carbocycles. The maximum Gasteiger partial charge on any atom is 0.258 e. The van der Waals surface area contributed by atoms with Gasteiger partial charge in [-0.05, 0) is 114 Å². The van der Waals surface area contributed by atoms with Gasteiger partial charge < -0.3 is 40.7 Å². The van der Waals surface area contributed by atoms with Gasteiger partial charge in [-0.25, -0.2) is 14.4 Å². The van der Waals surface area contributed by atoms with Crippen LogP contribution in [0.25, 0.3) is 10.4 Å². The summed E-state index contributed by atoms with van der Waals surface area (Å²) in [6.07, 6.45) is 3.15. The molecule has 1 saturated heterocycles. The number of thioether (sulfide) groups is 1. The van der Waals surface area contributed by atoms with Crippen LogP contribution in [0.3, 0.4) is 0 Å². The number of ether oxygens (including phenoxy) is 2. The van der Waals surface area contributed by atoms with Crippen LogP contribution in [0.5, 0.6) is 11.5 Å². The van der Waals surface area contributed by atoms with Gasteiger partial charge in [0.1, 0.15) is 29.4 Å². The highest BCUT2D eigenvalue weighted by Gasteiger charge is 2.54. The van der Waals surface area contributed by atoms with Gasteiger partial charge in [-0.2, -0.15) is 16.8 Å². The lowest BCUT2D eigenvalue weighted by atomic mass is 9.83. The number of likely N-dealkylation sites (tertiary alicyclic amines) is 1. The van der Waals surface area contributed by atoms with Crippen LogP contribution in [0.2, 0.25) is 0 Å².